The van der Waals surface area contributed by atoms with Crippen LogP contribution >= 0.6 is 11.8 Å². The molecule has 2 fully saturated rings. The molecule has 0 aromatic heterocycles. The van der Waals surface area contributed by atoms with Gasteiger partial charge in [-0.1, -0.05) is 0 Å². The van der Waals surface area contributed by atoms with Gasteiger partial charge >= 0.3 is 6.09 Å². The monoisotopic (exact) mass is 330 g/mol. The van der Waals surface area contributed by atoms with Gasteiger partial charge in [-0.3, -0.25) is 9.69 Å². The van der Waals surface area contributed by atoms with Gasteiger partial charge in [-0.2, -0.15) is 0 Å². The molecule has 0 bridgehead atoms. The minimum atomic E-state index is -0.559. The Morgan fingerprint density at radius 1 is 1.41 bits per heavy atom. The molecule has 0 aliphatic carbocycles. The van der Waals surface area contributed by atoms with E-state index in [4.69, 9.17) is 9.47 Å². The summed E-state index contributed by atoms with van der Waals surface area (Å²) in [7, 11) is 0. The van der Waals surface area contributed by atoms with Crippen LogP contribution in [0.2, 0.25) is 0 Å². The Kier molecular flexibility index (Phi) is 5.60. The molecule has 3 atom stereocenters. The third-order valence-corrected chi connectivity index (χ3v) is 4.72. The van der Waals surface area contributed by atoms with Crippen LogP contribution in [-0.4, -0.2) is 58.9 Å². The maximum absolute atomic E-state index is 12.5. The molecular weight excluding hydrogens is 304 g/mol. The molecule has 2 rings (SSSR count). The number of rotatable bonds is 3. The van der Waals surface area contributed by atoms with Crippen molar-refractivity contribution in [2.24, 2.45) is 0 Å². The van der Waals surface area contributed by atoms with E-state index in [0.717, 1.165) is 19.4 Å². The maximum Gasteiger partial charge on any atom is 0.411 e. The molecule has 7 heteroatoms. The van der Waals surface area contributed by atoms with Gasteiger partial charge in [0.1, 0.15) is 11.6 Å². The Labute approximate surface area is 136 Å². The molecule has 0 aromatic rings. The zero-order valence-corrected chi connectivity index (χ0v) is 14.6. The Hall–Kier alpha value is -0.950. The minimum absolute atomic E-state index is 0.0407. The smallest absolute Gasteiger partial charge is 0.411 e. The van der Waals surface area contributed by atoms with Crippen molar-refractivity contribution in [2.45, 2.75) is 64.3 Å². The van der Waals surface area contributed by atoms with Gasteiger partial charge in [0.2, 0.25) is 5.91 Å². The molecule has 0 radical (unpaired) electrons. The molecule has 126 valence electrons. The number of hydrogen-bond acceptors (Lipinski definition) is 5. The van der Waals surface area contributed by atoms with Crippen LogP contribution in [0.4, 0.5) is 4.79 Å². The lowest BCUT2D eigenvalue weighted by Crippen LogP contribution is -2.52. The second kappa shape index (κ2) is 7.08. The molecule has 0 aromatic carbocycles. The van der Waals surface area contributed by atoms with Gasteiger partial charge in [0, 0.05) is 12.4 Å². The van der Waals surface area contributed by atoms with E-state index in [1.165, 1.54) is 4.90 Å². The van der Waals surface area contributed by atoms with Crippen LogP contribution in [-0.2, 0) is 14.3 Å². The summed E-state index contributed by atoms with van der Waals surface area (Å²) in [4.78, 5) is 26.2. The predicted octanol–water partition coefficient (Wildman–Crippen LogP) is 1.98. The zero-order chi connectivity index (χ0) is 16.3. The third-order valence-electron chi connectivity index (χ3n) is 3.71. The first kappa shape index (κ1) is 17.4. The van der Waals surface area contributed by atoms with E-state index in [2.05, 4.69) is 5.32 Å². The van der Waals surface area contributed by atoms with Crippen molar-refractivity contribution in [3.8, 4) is 0 Å². The summed E-state index contributed by atoms with van der Waals surface area (Å²) in [5, 5.41) is 2.98. The standard InChI is InChI=1S/C15H26N2O4S/c1-10(12-6-5-7-20-12)16-13(18)11-8-22-9-17(11)14(19)21-15(2,3)4/h10-12H,5-9H2,1-4H3,(H,16,18)/t10-,11-,12+/m1/s1. The van der Waals surface area contributed by atoms with Crippen LogP contribution in [0.1, 0.15) is 40.5 Å². The molecular formula is C15H26N2O4S. The predicted molar refractivity (Wildman–Crippen MR) is 85.8 cm³/mol. The number of amides is 2. The minimum Gasteiger partial charge on any atom is -0.444 e. The molecule has 1 N–H and O–H groups in total. The lowest BCUT2D eigenvalue weighted by atomic mass is 10.1. The van der Waals surface area contributed by atoms with E-state index in [0.29, 0.717) is 11.6 Å². The van der Waals surface area contributed by atoms with Crippen molar-refractivity contribution in [1.82, 2.24) is 10.2 Å². The Bertz CT molecular complexity index is 418. The van der Waals surface area contributed by atoms with Crippen LogP contribution < -0.4 is 5.32 Å². The second-order valence-corrected chi connectivity index (χ2v) is 7.81. The van der Waals surface area contributed by atoms with Gasteiger partial charge in [-0.25, -0.2) is 4.79 Å². The van der Waals surface area contributed by atoms with Crippen LogP contribution in [0.5, 0.6) is 0 Å². The van der Waals surface area contributed by atoms with Crippen molar-refractivity contribution < 1.29 is 19.1 Å². The van der Waals surface area contributed by atoms with E-state index in [9.17, 15) is 9.59 Å². The summed E-state index contributed by atoms with van der Waals surface area (Å²) >= 11 is 1.57. The molecule has 2 aliphatic heterocycles. The first-order chi connectivity index (χ1) is 10.3. The Balaban J connectivity index is 1.91. The number of carbonyl (C=O) groups is 2. The average molecular weight is 330 g/mol. The normalized spacial score (nSPS) is 26.8. The Morgan fingerprint density at radius 2 is 2.14 bits per heavy atom. The SMILES string of the molecule is C[C@@H](NC(=O)[C@H]1CSCN1C(=O)OC(C)(C)C)[C@@H]1CCCO1. The second-order valence-electron chi connectivity index (χ2n) is 6.81. The van der Waals surface area contributed by atoms with E-state index < -0.39 is 17.7 Å². The van der Waals surface area contributed by atoms with Crippen molar-refractivity contribution in [3.63, 3.8) is 0 Å². The fourth-order valence-electron chi connectivity index (χ4n) is 2.57. The van der Waals surface area contributed by atoms with Crippen LogP contribution in [0.25, 0.3) is 0 Å². The number of thioether (sulfide) groups is 1. The largest absolute Gasteiger partial charge is 0.444 e. The first-order valence-corrected chi connectivity index (χ1v) is 8.93. The lowest BCUT2D eigenvalue weighted by Gasteiger charge is -2.28. The summed E-state index contributed by atoms with van der Waals surface area (Å²) in [5.41, 5.74) is -0.559. The fourth-order valence-corrected chi connectivity index (χ4v) is 3.71. The molecule has 0 spiro atoms. The highest BCUT2D eigenvalue weighted by atomic mass is 32.2. The third kappa shape index (κ3) is 4.52. The van der Waals surface area contributed by atoms with Gasteiger partial charge in [0.25, 0.3) is 0 Å². The number of ether oxygens (including phenoxy) is 2. The lowest BCUT2D eigenvalue weighted by molar-refractivity contribution is -0.126. The van der Waals surface area contributed by atoms with Crippen molar-refractivity contribution in [3.05, 3.63) is 0 Å². The summed E-state index contributed by atoms with van der Waals surface area (Å²) in [5.74, 6) is 0.962. The quantitative estimate of drug-likeness (QED) is 0.857. The molecule has 2 aliphatic rings. The molecule has 2 heterocycles. The Morgan fingerprint density at radius 3 is 2.73 bits per heavy atom. The number of hydrogen-bond donors (Lipinski definition) is 1. The molecule has 6 nitrogen and oxygen atoms in total. The van der Waals surface area contributed by atoms with Crippen LogP contribution in [0.3, 0.4) is 0 Å². The topological polar surface area (TPSA) is 67.9 Å². The highest BCUT2D eigenvalue weighted by molar-refractivity contribution is 7.99. The van der Waals surface area contributed by atoms with Crippen LogP contribution in [0, 0.1) is 0 Å². The van der Waals surface area contributed by atoms with Gasteiger partial charge in [-0.15, -0.1) is 11.8 Å². The van der Waals surface area contributed by atoms with Crippen LogP contribution in [0.15, 0.2) is 0 Å². The van der Waals surface area contributed by atoms with E-state index in [1.807, 2.05) is 27.7 Å². The van der Waals surface area contributed by atoms with E-state index in [-0.39, 0.29) is 18.1 Å². The van der Waals surface area contributed by atoms with Crippen molar-refractivity contribution >= 4 is 23.8 Å². The maximum atomic E-state index is 12.5. The number of carbonyl (C=O) groups excluding carboxylic acids is 2. The van der Waals surface area contributed by atoms with Gasteiger partial charge < -0.3 is 14.8 Å². The van der Waals surface area contributed by atoms with Crippen molar-refractivity contribution in [2.75, 3.05) is 18.2 Å². The molecule has 0 saturated carbocycles. The van der Waals surface area contributed by atoms with Gasteiger partial charge in [-0.05, 0) is 40.5 Å². The fraction of sp³-hybridized carbons (Fsp3) is 0.867. The average Bonchev–Trinajstić information content (AvgIpc) is 3.08. The highest BCUT2D eigenvalue weighted by Crippen LogP contribution is 2.24. The van der Waals surface area contributed by atoms with Gasteiger partial charge in [0.05, 0.1) is 18.0 Å². The summed E-state index contributed by atoms with van der Waals surface area (Å²) in [6, 6.07) is -0.509. The molecule has 0 unspecified atom stereocenters. The summed E-state index contributed by atoms with van der Waals surface area (Å²) in [6.45, 7) is 8.18. The van der Waals surface area contributed by atoms with E-state index >= 15 is 0 Å². The van der Waals surface area contributed by atoms with Crippen molar-refractivity contribution in [1.29, 1.82) is 0 Å². The number of nitrogens with zero attached hydrogens (tertiary/aromatic N) is 1. The molecule has 22 heavy (non-hydrogen) atoms. The summed E-state index contributed by atoms with van der Waals surface area (Å²) < 4.78 is 11.0. The molecule has 2 amide bonds. The highest BCUT2D eigenvalue weighted by Gasteiger charge is 2.38. The first-order valence-electron chi connectivity index (χ1n) is 7.77. The number of nitrogens with one attached hydrogen (secondary N) is 1. The zero-order valence-electron chi connectivity index (χ0n) is 13.8. The molecule has 2 saturated heterocycles. The summed E-state index contributed by atoms with van der Waals surface area (Å²) in [6.07, 6.45) is 1.65. The van der Waals surface area contributed by atoms with E-state index in [1.54, 1.807) is 11.8 Å². The van der Waals surface area contributed by atoms with Gasteiger partial charge in [0.15, 0.2) is 0 Å².